The Hall–Kier alpha value is -1.06. The quantitative estimate of drug-likeness (QED) is 0.835. The van der Waals surface area contributed by atoms with Crippen molar-refractivity contribution in [2.24, 2.45) is 0 Å². The lowest BCUT2D eigenvalue weighted by Gasteiger charge is -2.51. The molecule has 0 aromatic heterocycles. The molecule has 1 heterocycles. The highest BCUT2D eigenvalue weighted by Gasteiger charge is 2.52. The smallest absolute Gasteiger partial charge is 0.249 e. The van der Waals surface area contributed by atoms with Crippen LogP contribution in [0.1, 0.15) is 60.8 Å². The molecule has 1 N–H and O–H groups in total. The molecule has 1 rings (SSSR count). The molecule has 2 amide bonds. The topological polar surface area (TPSA) is 49.4 Å². The number of nitrogens with one attached hydrogen (secondary N) is 1. The van der Waals surface area contributed by atoms with Crippen LogP contribution < -0.4 is 5.32 Å². The first-order valence-electron chi connectivity index (χ1n) is 6.87. The first-order valence-corrected chi connectivity index (χ1v) is 6.87. The van der Waals surface area contributed by atoms with Crippen LogP contribution in [0.5, 0.6) is 0 Å². The molecule has 0 saturated carbocycles. The van der Waals surface area contributed by atoms with Gasteiger partial charge < -0.3 is 10.2 Å². The molecule has 1 aliphatic heterocycles. The van der Waals surface area contributed by atoms with E-state index < -0.39 is 11.1 Å². The van der Waals surface area contributed by atoms with Crippen molar-refractivity contribution in [3.8, 4) is 0 Å². The second kappa shape index (κ2) is 4.90. The molecule has 0 radical (unpaired) electrons. The minimum atomic E-state index is -0.764. The monoisotopic (exact) mass is 254 g/mol. The molecule has 2 unspecified atom stereocenters. The second-order valence-corrected chi connectivity index (χ2v) is 6.01. The zero-order valence-electron chi connectivity index (χ0n) is 12.5. The molecule has 18 heavy (non-hydrogen) atoms. The molecule has 0 spiro atoms. The van der Waals surface area contributed by atoms with Crippen molar-refractivity contribution in [2.75, 3.05) is 0 Å². The molecule has 1 aliphatic rings. The lowest BCUT2D eigenvalue weighted by Crippen LogP contribution is -2.74. The molecule has 104 valence electrons. The van der Waals surface area contributed by atoms with Crippen LogP contribution in [0.4, 0.5) is 0 Å². The number of rotatable bonds is 4. The number of carbonyl (C=O) groups is 2. The molecule has 0 bridgehead atoms. The van der Waals surface area contributed by atoms with Crippen LogP contribution in [-0.4, -0.2) is 33.8 Å². The Balaban J connectivity index is 3.15. The van der Waals surface area contributed by atoms with Gasteiger partial charge in [0.05, 0.1) is 0 Å². The predicted octanol–water partition coefficient (Wildman–Crippen LogP) is 2.08. The van der Waals surface area contributed by atoms with Gasteiger partial charge in [-0.1, -0.05) is 20.3 Å². The van der Waals surface area contributed by atoms with E-state index in [9.17, 15) is 9.59 Å². The summed E-state index contributed by atoms with van der Waals surface area (Å²) in [4.78, 5) is 26.7. The van der Waals surface area contributed by atoms with Crippen LogP contribution in [0.3, 0.4) is 0 Å². The van der Waals surface area contributed by atoms with Crippen LogP contribution in [0, 0.1) is 0 Å². The Morgan fingerprint density at radius 3 is 2.22 bits per heavy atom. The Morgan fingerprint density at radius 1 is 1.22 bits per heavy atom. The van der Waals surface area contributed by atoms with Crippen molar-refractivity contribution in [1.29, 1.82) is 0 Å². The van der Waals surface area contributed by atoms with Crippen LogP contribution >= 0.6 is 0 Å². The van der Waals surface area contributed by atoms with Crippen LogP contribution in [0.15, 0.2) is 0 Å². The number of amides is 2. The highest BCUT2D eigenvalue weighted by atomic mass is 16.2. The van der Waals surface area contributed by atoms with Crippen molar-refractivity contribution >= 4 is 11.8 Å². The van der Waals surface area contributed by atoms with Gasteiger partial charge in [0.2, 0.25) is 11.8 Å². The molecule has 1 fully saturated rings. The lowest BCUT2D eigenvalue weighted by molar-refractivity contribution is -0.163. The van der Waals surface area contributed by atoms with Gasteiger partial charge in [0.25, 0.3) is 0 Å². The summed E-state index contributed by atoms with van der Waals surface area (Å²) in [5, 5.41) is 2.88. The van der Waals surface area contributed by atoms with Gasteiger partial charge >= 0.3 is 0 Å². The van der Waals surface area contributed by atoms with E-state index in [1.165, 1.54) is 0 Å². The third kappa shape index (κ3) is 2.25. The molecular formula is C14H26N2O2. The Morgan fingerprint density at radius 2 is 1.78 bits per heavy atom. The summed E-state index contributed by atoms with van der Waals surface area (Å²) in [5.41, 5.74) is -1.52. The van der Waals surface area contributed by atoms with Gasteiger partial charge in [0, 0.05) is 6.04 Å². The summed E-state index contributed by atoms with van der Waals surface area (Å²) in [6, 6.07) is 0.0921. The number of piperazine rings is 1. The van der Waals surface area contributed by atoms with E-state index in [2.05, 4.69) is 12.2 Å². The Labute approximate surface area is 110 Å². The largest absolute Gasteiger partial charge is 0.340 e. The Kier molecular flexibility index (Phi) is 4.08. The predicted molar refractivity (Wildman–Crippen MR) is 72.1 cm³/mol. The summed E-state index contributed by atoms with van der Waals surface area (Å²) in [5.74, 6) is -0.0232. The van der Waals surface area contributed by atoms with E-state index in [1.807, 2.05) is 34.6 Å². The van der Waals surface area contributed by atoms with Gasteiger partial charge in [-0.2, -0.15) is 0 Å². The average Bonchev–Trinajstić information content (AvgIpc) is 2.27. The SMILES string of the molecule is CCCC(C)N1C(=O)C(C)(CC)NC(=O)C1(C)C. The Bertz CT molecular complexity index is 352. The van der Waals surface area contributed by atoms with Gasteiger partial charge in [0.1, 0.15) is 11.1 Å². The summed E-state index contributed by atoms with van der Waals surface area (Å²) in [7, 11) is 0. The standard InChI is InChI=1S/C14H26N2O2/c1-7-9-10(3)16-12(18)14(6,8-2)15-11(17)13(16,4)5/h10H,7-9H2,1-6H3,(H,15,17). The molecule has 0 aliphatic carbocycles. The van der Waals surface area contributed by atoms with Crippen molar-refractivity contribution in [3.63, 3.8) is 0 Å². The maximum Gasteiger partial charge on any atom is 0.249 e. The van der Waals surface area contributed by atoms with Crippen LogP contribution in [0.25, 0.3) is 0 Å². The summed E-state index contributed by atoms with van der Waals surface area (Å²) < 4.78 is 0. The van der Waals surface area contributed by atoms with E-state index in [-0.39, 0.29) is 17.9 Å². The van der Waals surface area contributed by atoms with Gasteiger partial charge in [-0.15, -0.1) is 0 Å². The van der Waals surface area contributed by atoms with Gasteiger partial charge in [-0.25, -0.2) is 0 Å². The maximum atomic E-state index is 12.7. The molecule has 4 heteroatoms. The fourth-order valence-electron chi connectivity index (χ4n) is 2.62. The van der Waals surface area contributed by atoms with Crippen LogP contribution in [0.2, 0.25) is 0 Å². The summed E-state index contributed by atoms with van der Waals surface area (Å²) in [6.07, 6.45) is 2.54. The van der Waals surface area contributed by atoms with Crippen molar-refractivity contribution in [1.82, 2.24) is 10.2 Å². The second-order valence-electron chi connectivity index (χ2n) is 6.01. The summed E-state index contributed by atoms with van der Waals surface area (Å²) >= 11 is 0. The molecule has 0 aromatic carbocycles. The summed E-state index contributed by atoms with van der Waals surface area (Å²) in [6.45, 7) is 11.5. The van der Waals surface area contributed by atoms with Crippen molar-refractivity contribution in [3.05, 3.63) is 0 Å². The van der Waals surface area contributed by atoms with Crippen LogP contribution in [-0.2, 0) is 9.59 Å². The highest BCUT2D eigenvalue weighted by molar-refractivity contribution is 6.01. The third-order valence-electron chi connectivity index (χ3n) is 4.09. The fourth-order valence-corrected chi connectivity index (χ4v) is 2.62. The first kappa shape index (κ1) is 15.0. The zero-order chi connectivity index (χ0) is 14.1. The molecule has 1 saturated heterocycles. The molecule has 0 aromatic rings. The average molecular weight is 254 g/mol. The molecule has 2 atom stereocenters. The minimum Gasteiger partial charge on any atom is -0.340 e. The van der Waals surface area contributed by atoms with E-state index in [0.29, 0.717) is 6.42 Å². The normalized spacial score (nSPS) is 29.1. The van der Waals surface area contributed by atoms with Crippen molar-refractivity contribution in [2.45, 2.75) is 77.9 Å². The molecule has 4 nitrogen and oxygen atoms in total. The minimum absolute atomic E-state index is 0.0375. The highest BCUT2D eigenvalue weighted by Crippen LogP contribution is 2.30. The fraction of sp³-hybridized carbons (Fsp3) is 0.857. The maximum absolute atomic E-state index is 12.7. The van der Waals surface area contributed by atoms with E-state index in [1.54, 1.807) is 4.90 Å². The van der Waals surface area contributed by atoms with E-state index in [0.717, 1.165) is 12.8 Å². The van der Waals surface area contributed by atoms with E-state index >= 15 is 0 Å². The lowest BCUT2D eigenvalue weighted by atomic mass is 9.85. The zero-order valence-corrected chi connectivity index (χ0v) is 12.5. The number of nitrogens with zero attached hydrogens (tertiary/aromatic N) is 1. The first-order chi connectivity index (χ1) is 8.20. The number of hydrogen-bond acceptors (Lipinski definition) is 2. The van der Waals surface area contributed by atoms with Gasteiger partial charge in [-0.05, 0) is 40.5 Å². The molecular weight excluding hydrogens is 228 g/mol. The number of hydrogen-bond donors (Lipinski definition) is 1. The van der Waals surface area contributed by atoms with Gasteiger partial charge in [-0.3, -0.25) is 9.59 Å². The third-order valence-corrected chi connectivity index (χ3v) is 4.09. The van der Waals surface area contributed by atoms with Crippen molar-refractivity contribution < 1.29 is 9.59 Å². The number of carbonyl (C=O) groups excluding carboxylic acids is 2. The van der Waals surface area contributed by atoms with E-state index in [4.69, 9.17) is 0 Å². The van der Waals surface area contributed by atoms with Gasteiger partial charge in [0.15, 0.2) is 0 Å².